The van der Waals surface area contributed by atoms with Crippen LogP contribution in [0.2, 0.25) is 0 Å². The van der Waals surface area contributed by atoms with Gasteiger partial charge in [0.15, 0.2) is 0 Å². The summed E-state index contributed by atoms with van der Waals surface area (Å²) in [7, 11) is 0. The molecule has 0 unspecified atom stereocenters. The summed E-state index contributed by atoms with van der Waals surface area (Å²) in [5.41, 5.74) is 2.66. The number of hydrogen-bond acceptors (Lipinski definition) is 7. The van der Waals surface area contributed by atoms with Crippen molar-refractivity contribution in [2.45, 2.75) is 64.5 Å². The van der Waals surface area contributed by atoms with Crippen LogP contribution in [0.1, 0.15) is 77.0 Å². The predicted molar refractivity (Wildman–Crippen MR) is 134 cm³/mol. The van der Waals surface area contributed by atoms with Gasteiger partial charge in [-0.05, 0) is 87.7 Å². The second-order valence-electron chi connectivity index (χ2n) is 11.9. The molecule has 4 aliphatic carbocycles. The molecule has 4 bridgehead atoms. The zero-order valence-electron chi connectivity index (χ0n) is 21.2. The topological polar surface area (TPSA) is 109 Å². The molecular weight excluding hydrogens is 470 g/mol. The third kappa shape index (κ3) is 3.77. The van der Waals surface area contributed by atoms with Crippen LogP contribution in [0.15, 0.2) is 22.8 Å². The average Bonchev–Trinajstić information content (AvgIpc) is 3.41. The summed E-state index contributed by atoms with van der Waals surface area (Å²) in [5, 5.41) is 11.1. The maximum atomic E-state index is 13.4. The van der Waals surface area contributed by atoms with E-state index in [0.717, 1.165) is 30.4 Å². The van der Waals surface area contributed by atoms with E-state index < -0.39 is 0 Å². The minimum Gasteiger partial charge on any atom is -0.371 e. The number of carbonyl (C=O) groups is 3. The highest BCUT2D eigenvalue weighted by molar-refractivity contribution is 6.23. The monoisotopic (exact) mass is 503 g/mol. The maximum Gasteiger partial charge on any atom is 0.264 e. The van der Waals surface area contributed by atoms with Crippen LogP contribution < -0.4 is 10.2 Å². The summed E-state index contributed by atoms with van der Waals surface area (Å²) in [6, 6.07) is 5.81. The first-order chi connectivity index (χ1) is 18.0. The van der Waals surface area contributed by atoms with E-state index in [4.69, 9.17) is 4.63 Å². The van der Waals surface area contributed by atoms with Crippen LogP contribution >= 0.6 is 0 Å². The number of carbonyl (C=O) groups excluding carboxylic acids is 3. The summed E-state index contributed by atoms with van der Waals surface area (Å²) < 4.78 is 4.74. The lowest BCUT2D eigenvalue weighted by molar-refractivity contribution is -0.129. The van der Waals surface area contributed by atoms with E-state index in [9.17, 15) is 14.4 Å². The quantitative estimate of drug-likeness (QED) is 0.624. The van der Waals surface area contributed by atoms with Crippen molar-refractivity contribution in [1.29, 1.82) is 0 Å². The number of fused-ring (bicyclic) bond motifs is 1. The number of benzene rings is 1. The predicted octanol–water partition coefficient (Wildman–Crippen LogP) is 3.33. The molecule has 3 heterocycles. The average molecular weight is 504 g/mol. The maximum absolute atomic E-state index is 13.4. The Morgan fingerprint density at radius 1 is 1.00 bits per heavy atom. The number of hydrogen-bond donors (Lipinski definition) is 1. The van der Waals surface area contributed by atoms with Crippen LogP contribution in [0.25, 0.3) is 0 Å². The van der Waals surface area contributed by atoms with Crippen molar-refractivity contribution in [3.63, 3.8) is 0 Å². The molecule has 1 aromatic heterocycles. The standard InChI is InChI=1S/C28H33N5O4/c1-15-22(31-37-30-15)14-33-27(35)21-3-2-4-23(24(21)28(33)36)32-7-5-18(6-8-32)26(34)29-25-19-10-16-9-17(12-19)13-20(25)11-16/h2-4,16-20,25H,5-14H2,1H3,(H,29,34). The highest BCUT2D eigenvalue weighted by Crippen LogP contribution is 2.53. The van der Waals surface area contributed by atoms with Crippen LogP contribution in [0.3, 0.4) is 0 Å². The largest absolute Gasteiger partial charge is 0.371 e. The summed E-state index contributed by atoms with van der Waals surface area (Å²) >= 11 is 0. The molecule has 1 aromatic carbocycles. The summed E-state index contributed by atoms with van der Waals surface area (Å²) in [4.78, 5) is 43.1. The Bertz CT molecular complexity index is 1240. The Kier molecular flexibility index (Phi) is 5.37. The highest BCUT2D eigenvalue weighted by atomic mass is 16.6. The number of aryl methyl sites for hydroxylation is 1. The van der Waals surface area contributed by atoms with E-state index in [1.165, 1.54) is 37.0 Å². The van der Waals surface area contributed by atoms with Crippen molar-refractivity contribution < 1.29 is 19.0 Å². The molecule has 6 aliphatic rings. The number of aromatic nitrogens is 2. The molecule has 194 valence electrons. The minimum atomic E-state index is -0.325. The van der Waals surface area contributed by atoms with Gasteiger partial charge >= 0.3 is 0 Å². The summed E-state index contributed by atoms with van der Waals surface area (Å²) in [6.45, 7) is 3.14. The molecule has 3 amide bonds. The van der Waals surface area contributed by atoms with E-state index in [1.54, 1.807) is 13.0 Å². The first-order valence-corrected chi connectivity index (χ1v) is 13.8. The van der Waals surface area contributed by atoms with Crippen molar-refractivity contribution in [1.82, 2.24) is 20.5 Å². The summed E-state index contributed by atoms with van der Waals surface area (Å²) in [6.07, 6.45) is 8.10. The molecule has 2 aromatic rings. The van der Waals surface area contributed by atoms with Crippen molar-refractivity contribution in [2.75, 3.05) is 18.0 Å². The Hall–Kier alpha value is -3.23. The molecule has 1 N–H and O–H groups in total. The van der Waals surface area contributed by atoms with Gasteiger partial charge < -0.3 is 10.2 Å². The van der Waals surface area contributed by atoms with Gasteiger partial charge in [0.05, 0.1) is 23.4 Å². The van der Waals surface area contributed by atoms with Crippen LogP contribution in [0.5, 0.6) is 0 Å². The zero-order chi connectivity index (χ0) is 25.3. The van der Waals surface area contributed by atoms with Gasteiger partial charge in [0.1, 0.15) is 11.4 Å². The molecule has 9 heteroatoms. The van der Waals surface area contributed by atoms with Gasteiger partial charge in [0.2, 0.25) is 5.91 Å². The Morgan fingerprint density at radius 3 is 2.35 bits per heavy atom. The Labute approximate surface area is 215 Å². The third-order valence-electron chi connectivity index (χ3n) is 9.77. The molecule has 37 heavy (non-hydrogen) atoms. The van der Waals surface area contributed by atoms with Gasteiger partial charge in [-0.2, -0.15) is 0 Å². The fourth-order valence-corrected chi connectivity index (χ4v) is 8.09. The number of nitrogens with one attached hydrogen (secondary N) is 1. The van der Waals surface area contributed by atoms with Crippen molar-refractivity contribution in [2.24, 2.45) is 29.6 Å². The smallest absolute Gasteiger partial charge is 0.264 e. The Morgan fingerprint density at radius 2 is 1.70 bits per heavy atom. The fraction of sp³-hybridized carbons (Fsp3) is 0.607. The molecule has 4 saturated carbocycles. The molecule has 2 aliphatic heterocycles. The van der Waals surface area contributed by atoms with Gasteiger partial charge in [-0.3, -0.25) is 19.3 Å². The van der Waals surface area contributed by atoms with E-state index in [1.807, 2.05) is 12.1 Å². The molecule has 5 fully saturated rings. The van der Waals surface area contributed by atoms with Crippen molar-refractivity contribution in [3.05, 3.63) is 40.7 Å². The molecular formula is C28H33N5O4. The van der Waals surface area contributed by atoms with E-state index in [0.29, 0.717) is 53.5 Å². The number of anilines is 1. The lowest BCUT2D eigenvalue weighted by Crippen LogP contribution is -2.57. The van der Waals surface area contributed by atoms with Gasteiger partial charge in [-0.1, -0.05) is 16.4 Å². The fourth-order valence-electron chi connectivity index (χ4n) is 8.09. The Balaban J connectivity index is 1.02. The zero-order valence-corrected chi connectivity index (χ0v) is 21.2. The van der Waals surface area contributed by atoms with Gasteiger partial charge in [0, 0.05) is 25.0 Å². The number of imide groups is 1. The van der Waals surface area contributed by atoms with Gasteiger partial charge in [-0.15, -0.1) is 0 Å². The number of rotatable bonds is 5. The third-order valence-corrected chi connectivity index (χ3v) is 9.77. The molecule has 0 spiro atoms. The number of amides is 3. The first-order valence-electron chi connectivity index (χ1n) is 13.8. The first kappa shape index (κ1) is 22.9. The van der Waals surface area contributed by atoms with Crippen molar-refractivity contribution in [3.8, 4) is 0 Å². The highest BCUT2D eigenvalue weighted by Gasteiger charge is 2.49. The molecule has 0 radical (unpaired) electrons. The lowest BCUT2D eigenvalue weighted by Gasteiger charge is -2.54. The minimum absolute atomic E-state index is 0.00155. The van der Waals surface area contributed by atoms with Gasteiger partial charge in [-0.25, -0.2) is 4.63 Å². The van der Waals surface area contributed by atoms with E-state index >= 15 is 0 Å². The SMILES string of the molecule is Cc1nonc1CN1C(=O)c2cccc(N3CCC(C(=O)NC4C5CC6CC(C5)CC4C6)CC3)c2C1=O. The second-order valence-corrected chi connectivity index (χ2v) is 11.9. The normalized spacial score (nSPS) is 30.8. The van der Waals surface area contributed by atoms with Crippen molar-refractivity contribution >= 4 is 23.4 Å². The molecule has 1 saturated heterocycles. The summed E-state index contributed by atoms with van der Waals surface area (Å²) in [5.74, 6) is 2.72. The van der Waals surface area contributed by atoms with Crippen LogP contribution in [-0.2, 0) is 11.3 Å². The lowest BCUT2D eigenvalue weighted by atomic mass is 9.54. The van der Waals surface area contributed by atoms with Crippen LogP contribution in [0, 0.1) is 36.5 Å². The van der Waals surface area contributed by atoms with E-state index in [2.05, 4.69) is 20.5 Å². The molecule has 8 rings (SSSR count). The number of nitrogens with zero attached hydrogens (tertiary/aromatic N) is 4. The van der Waals surface area contributed by atoms with E-state index in [-0.39, 0.29) is 30.2 Å². The number of piperidine rings is 1. The van der Waals surface area contributed by atoms with Gasteiger partial charge in [0.25, 0.3) is 11.8 Å². The molecule has 9 nitrogen and oxygen atoms in total. The van der Waals surface area contributed by atoms with Crippen LogP contribution in [0.4, 0.5) is 5.69 Å². The van der Waals surface area contributed by atoms with Crippen LogP contribution in [-0.4, -0.2) is 52.1 Å². The molecule has 0 atom stereocenters. The second kappa shape index (κ2) is 8.67.